The van der Waals surface area contributed by atoms with Crippen molar-refractivity contribution in [1.82, 2.24) is 0 Å². The molecule has 0 radical (unpaired) electrons. The molecule has 0 spiro atoms. The van der Waals surface area contributed by atoms with Crippen LogP contribution in [0.3, 0.4) is 0 Å². The summed E-state index contributed by atoms with van der Waals surface area (Å²) in [4.78, 5) is 16.0. The highest BCUT2D eigenvalue weighted by Gasteiger charge is 2.50. The molecule has 1 saturated heterocycles. The first-order valence-electron chi connectivity index (χ1n) is 16.0. The number of benzene rings is 3. The van der Waals surface area contributed by atoms with Gasteiger partial charge in [0.25, 0.3) is 0 Å². The molecule has 9 heteroatoms. The van der Waals surface area contributed by atoms with Gasteiger partial charge in [-0.05, 0) is 135 Å². The maximum atomic E-state index is 14.0. The molecular formula is C37H48INO3S2Si2. The molecule has 3 aromatic carbocycles. The summed E-state index contributed by atoms with van der Waals surface area (Å²) in [5.41, 5.74) is 3.25. The molecule has 3 atom stereocenters. The molecule has 0 aliphatic carbocycles. The zero-order chi connectivity index (χ0) is 33.7. The van der Waals surface area contributed by atoms with Gasteiger partial charge in [0, 0.05) is 19.7 Å². The highest BCUT2D eigenvalue weighted by atomic mass is 127. The Morgan fingerprint density at radius 2 is 1.50 bits per heavy atom. The average molecular weight is 802 g/mol. The minimum absolute atomic E-state index is 0.0765. The molecule has 1 aromatic heterocycles. The van der Waals surface area contributed by atoms with Crippen molar-refractivity contribution in [2.24, 2.45) is 0 Å². The number of thioether (sulfide) groups is 1. The fraction of sp³-hybridized carbons (Fsp3) is 0.432. The monoisotopic (exact) mass is 801 g/mol. The highest BCUT2D eigenvalue weighted by Crippen LogP contribution is 2.48. The second-order valence-corrected chi connectivity index (χ2v) is 28.2. The van der Waals surface area contributed by atoms with Crippen molar-refractivity contribution in [2.75, 3.05) is 10.7 Å². The molecule has 1 fully saturated rings. The van der Waals surface area contributed by atoms with Crippen LogP contribution in [0.15, 0.2) is 78.2 Å². The Hall–Kier alpha value is -1.64. The number of fused-ring (bicyclic) bond motifs is 1. The third-order valence-corrected chi connectivity index (χ3v) is 21.8. The molecule has 1 amide bonds. The quantitative estimate of drug-likeness (QED) is 0.0910. The van der Waals surface area contributed by atoms with E-state index in [9.17, 15) is 4.79 Å². The van der Waals surface area contributed by atoms with Crippen LogP contribution in [0.4, 0.5) is 5.69 Å². The van der Waals surface area contributed by atoms with E-state index in [0.717, 1.165) is 20.6 Å². The van der Waals surface area contributed by atoms with Crippen LogP contribution in [0.25, 0.3) is 10.1 Å². The molecule has 4 aromatic rings. The predicted molar refractivity (Wildman–Crippen MR) is 213 cm³/mol. The fourth-order valence-corrected chi connectivity index (χ4v) is 10.1. The average Bonchev–Trinajstić information content (AvgIpc) is 3.43. The zero-order valence-corrected chi connectivity index (χ0v) is 34.6. The molecule has 0 bridgehead atoms. The molecular weight excluding hydrogens is 754 g/mol. The van der Waals surface area contributed by atoms with Gasteiger partial charge in [-0.3, -0.25) is 4.79 Å². The van der Waals surface area contributed by atoms with E-state index in [2.05, 4.69) is 168 Å². The van der Waals surface area contributed by atoms with Gasteiger partial charge in [0.2, 0.25) is 14.2 Å². The second kappa shape index (κ2) is 13.3. The van der Waals surface area contributed by atoms with E-state index in [4.69, 9.17) is 8.85 Å². The predicted octanol–water partition coefficient (Wildman–Crippen LogP) is 11.8. The third kappa shape index (κ3) is 7.49. The Bertz CT molecular complexity index is 1670. The van der Waals surface area contributed by atoms with Crippen LogP contribution in [0, 0.1) is 3.57 Å². The zero-order valence-electron chi connectivity index (χ0n) is 28.8. The Morgan fingerprint density at radius 1 is 0.870 bits per heavy atom. The largest absolute Gasteiger partial charge is 0.544 e. The van der Waals surface area contributed by atoms with Gasteiger partial charge in [0.15, 0.2) is 8.32 Å². The van der Waals surface area contributed by atoms with E-state index in [1.54, 1.807) is 23.1 Å². The summed E-state index contributed by atoms with van der Waals surface area (Å²) in [6, 6.07) is 25.6. The summed E-state index contributed by atoms with van der Waals surface area (Å²) in [7, 11) is -4.06. The van der Waals surface area contributed by atoms with Gasteiger partial charge in [-0.15, -0.1) is 23.1 Å². The van der Waals surface area contributed by atoms with Crippen molar-refractivity contribution >= 4 is 84.0 Å². The first-order valence-corrected chi connectivity index (χ1v) is 24.8. The van der Waals surface area contributed by atoms with Gasteiger partial charge >= 0.3 is 0 Å². The molecule has 246 valence electrons. The molecule has 5 rings (SSSR count). The van der Waals surface area contributed by atoms with Crippen LogP contribution in [-0.4, -0.2) is 33.5 Å². The van der Waals surface area contributed by atoms with Gasteiger partial charge in [0.1, 0.15) is 11.0 Å². The van der Waals surface area contributed by atoms with Crippen molar-refractivity contribution in [2.45, 2.75) is 95.2 Å². The van der Waals surface area contributed by atoms with Crippen molar-refractivity contribution in [3.05, 3.63) is 92.9 Å². The number of hydrogen-bond donors (Lipinski definition) is 0. The van der Waals surface area contributed by atoms with E-state index >= 15 is 0 Å². The summed E-state index contributed by atoms with van der Waals surface area (Å²) in [6.45, 7) is 22.8. The molecule has 1 aliphatic heterocycles. The number of halogens is 1. The fourth-order valence-electron chi connectivity index (χ4n) is 5.13. The topological polar surface area (TPSA) is 38.8 Å². The van der Waals surface area contributed by atoms with E-state index < -0.39 is 16.6 Å². The first-order chi connectivity index (χ1) is 21.4. The number of rotatable bonds is 10. The summed E-state index contributed by atoms with van der Waals surface area (Å²) in [6.07, 6.45) is -0.101. The third-order valence-electron chi connectivity index (χ3n) is 10.1. The van der Waals surface area contributed by atoms with E-state index in [1.165, 1.54) is 15.6 Å². The lowest BCUT2D eigenvalue weighted by Crippen LogP contribution is -2.58. The van der Waals surface area contributed by atoms with Crippen molar-refractivity contribution in [3.8, 4) is 5.75 Å². The second-order valence-electron chi connectivity index (χ2n) is 15.4. The number of carbonyl (C=O) groups is 1. The van der Waals surface area contributed by atoms with Gasteiger partial charge < -0.3 is 13.8 Å². The normalized spacial score (nSPS) is 18.5. The summed E-state index contributed by atoms with van der Waals surface area (Å²) in [5, 5.41) is 3.38. The van der Waals surface area contributed by atoms with Gasteiger partial charge in [-0.1, -0.05) is 59.7 Å². The van der Waals surface area contributed by atoms with Crippen LogP contribution < -0.4 is 9.33 Å². The lowest BCUT2D eigenvalue weighted by molar-refractivity contribution is -0.123. The smallest absolute Gasteiger partial charge is 0.250 e. The van der Waals surface area contributed by atoms with E-state index in [-0.39, 0.29) is 33.4 Å². The molecule has 2 heterocycles. The van der Waals surface area contributed by atoms with Crippen LogP contribution in [-0.2, 0) is 9.22 Å². The van der Waals surface area contributed by atoms with E-state index in [1.807, 2.05) is 4.90 Å². The lowest BCUT2D eigenvalue weighted by Gasteiger charge is -2.48. The summed E-state index contributed by atoms with van der Waals surface area (Å²) < 4.78 is 16.1. The Morgan fingerprint density at radius 3 is 2.11 bits per heavy atom. The van der Waals surface area contributed by atoms with Gasteiger partial charge in [-0.25, -0.2) is 0 Å². The number of β-lactam (4-membered cyclic amide) rings is 1. The van der Waals surface area contributed by atoms with Gasteiger partial charge in [0.05, 0.1) is 12.1 Å². The van der Waals surface area contributed by atoms with Crippen molar-refractivity contribution in [3.63, 3.8) is 0 Å². The minimum Gasteiger partial charge on any atom is -0.544 e. The van der Waals surface area contributed by atoms with Crippen LogP contribution in [0.2, 0.25) is 36.3 Å². The molecule has 0 N–H and O–H groups in total. The van der Waals surface area contributed by atoms with Crippen LogP contribution >= 0.6 is 45.7 Å². The summed E-state index contributed by atoms with van der Waals surface area (Å²) in [5.74, 6) is 1.76. The molecule has 0 saturated carbocycles. The minimum atomic E-state index is -2.09. The summed E-state index contributed by atoms with van der Waals surface area (Å²) >= 11 is 5.82. The Labute approximate surface area is 300 Å². The van der Waals surface area contributed by atoms with Gasteiger partial charge in [-0.2, -0.15) is 0 Å². The lowest BCUT2D eigenvalue weighted by atomic mass is 9.92. The number of hydrogen-bond acceptors (Lipinski definition) is 5. The maximum Gasteiger partial charge on any atom is 0.250 e. The number of anilines is 1. The maximum absolute atomic E-state index is 14.0. The molecule has 46 heavy (non-hydrogen) atoms. The van der Waals surface area contributed by atoms with Crippen LogP contribution in [0.5, 0.6) is 5.75 Å². The first kappa shape index (κ1) is 35.7. The number of thiophene rings is 1. The standard InChI is InChI=1S/C37H48INO3S2Si2/c1-36(2,3)45(7,8)41-30-18-11-25(12-19-30)33-34(35(40)39(33)29-16-14-28(38)15-17-29)44-24-31(42-46(9,10)37(4,5)6)26-13-20-32-27(23-26)21-22-43-32/h11-23,31,33-34H,24H2,1-10H3/t31-,33-,34-/m1/s1. The van der Waals surface area contributed by atoms with Crippen molar-refractivity contribution in [1.29, 1.82) is 0 Å². The number of amides is 1. The molecule has 1 aliphatic rings. The SMILES string of the molecule is CC(C)(C)[Si](C)(C)Oc1ccc([C@@H]2[C@@H](SC[C@@H](O[Si](C)(C)C(C)(C)C)c3ccc4sccc4c3)C(=O)N2c2ccc(I)cc2)cc1. The van der Waals surface area contributed by atoms with E-state index in [0.29, 0.717) is 5.75 Å². The number of nitrogens with zero attached hydrogens (tertiary/aromatic N) is 1. The number of carbonyl (C=O) groups excluding carboxylic acids is 1. The Balaban J connectivity index is 1.44. The highest BCUT2D eigenvalue weighted by molar-refractivity contribution is 14.1. The Kier molecular flexibility index (Phi) is 10.3. The molecule has 0 unspecified atom stereocenters. The van der Waals surface area contributed by atoms with Crippen LogP contribution in [0.1, 0.15) is 64.8 Å². The van der Waals surface area contributed by atoms with Crippen molar-refractivity contribution < 1.29 is 13.6 Å². The molecule has 4 nitrogen and oxygen atoms in total.